The molecule has 0 aromatic heterocycles. The largest absolute Gasteiger partial charge is 0.480 e. The fourth-order valence-corrected chi connectivity index (χ4v) is 2.91. The number of carbonyl (C=O) groups is 4. The third kappa shape index (κ3) is 6.57. The first kappa shape index (κ1) is 23.9. The maximum absolute atomic E-state index is 12.6. The van der Waals surface area contributed by atoms with Gasteiger partial charge in [0, 0.05) is 24.2 Å². The standard InChI is InChI=1S/C19H24N4O8/c1-9(23-18(27)11-4-2-10(3-5-11)17(20)21)15(26)16(19(28)29)31-13-7-22-6-12(13)30-8-14(24)25/h2-5,9,12-13,16,22H,6-8H2,1H3,(H3,20,21)(H,23,27)(H,24,25)(H,28,29). The molecule has 1 amide bonds. The summed E-state index contributed by atoms with van der Waals surface area (Å²) in [6, 6.07) is 4.59. The maximum atomic E-state index is 12.6. The fourth-order valence-electron chi connectivity index (χ4n) is 2.91. The first-order valence-electron chi connectivity index (χ1n) is 9.31. The molecule has 7 N–H and O–H groups in total. The van der Waals surface area contributed by atoms with Crippen LogP contribution in [-0.4, -0.2) is 83.7 Å². The smallest absolute Gasteiger partial charge is 0.340 e. The fraction of sp³-hybridized carbons (Fsp3) is 0.421. The Morgan fingerprint density at radius 1 is 1.16 bits per heavy atom. The van der Waals surface area contributed by atoms with Gasteiger partial charge in [0.15, 0.2) is 5.78 Å². The van der Waals surface area contributed by atoms with Gasteiger partial charge in [0.25, 0.3) is 5.91 Å². The lowest BCUT2D eigenvalue weighted by Gasteiger charge is -2.24. The van der Waals surface area contributed by atoms with Crippen molar-refractivity contribution in [2.75, 3.05) is 19.7 Å². The molecule has 31 heavy (non-hydrogen) atoms. The van der Waals surface area contributed by atoms with Crippen molar-refractivity contribution in [3.05, 3.63) is 35.4 Å². The van der Waals surface area contributed by atoms with Crippen LogP contribution in [0.25, 0.3) is 0 Å². The van der Waals surface area contributed by atoms with E-state index in [4.69, 9.17) is 25.7 Å². The van der Waals surface area contributed by atoms with Crippen LogP contribution in [0.3, 0.4) is 0 Å². The van der Waals surface area contributed by atoms with Gasteiger partial charge < -0.3 is 36.1 Å². The minimum Gasteiger partial charge on any atom is -0.480 e. The van der Waals surface area contributed by atoms with Crippen LogP contribution in [0.15, 0.2) is 24.3 Å². The first-order chi connectivity index (χ1) is 14.6. The lowest BCUT2D eigenvalue weighted by atomic mass is 10.1. The molecule has 0 spiro atoms. The predicted molar refractivity (Wildman–Crippen MR) is 106 cm³/mol. The van der Waals surface area contributed by atoms with Crippen molar-refractivity contribution in [2.45, 2.75) is 31.3 Å². The molecule has 0 saturated carbocycles. The Morgan fingerprint density at radius 3 is 2.29 bits per heavy atom. The summed E-state index contributed by atoms with van der Waals surface area (Å²) in [6.07, 6.45) is -3.47. The summed E-state index contributed by atoms with van der Waals surface area (Å²) in [4.78, 5) is 47.3. The van der Waals surface area contributed by atoms with Gasteiger partial charge in [0.05, 0.1) is 18.2 Å². The molecule has 2 rings (SSSR count). The van der Waals surface area contributed by atoms with Crippen molar-refractivity contribution < 1.29 is 38.9 Å². The second-order valence-corrected chi connectivity index (χ2v) is 6.88. The lowest BCUT2D eigenvalue weighted by Crippen LogP contribution is -2.49. The van der Waals surface area contributed by atoms with E-state index in [1.54, 1.807) is 0 Å². The van der Waals surface area contributed by atoms with E-state index in [0.717, 1.165) is 0 Å². The minimum atomic E-state index is -1.88. The summed E-state index contributed by atoms with van der Waals surface area (Å²) >= 11 is 0. The maximum Gasteiger partial charge on any atom is 0.340 e. The highest BCUT2D eigenvalue weighted by molar-refractivity contribution is 6.06. The number of rotatable bonds is 11. The van der Waals surface area contributed by atoms with Crippen LogP contribution >= 0.6 is 0 Å². The summed E-state index contributed by atoms with van der Waals surface area (Å²) in [6.45, 7) is 1.15. The highest BCUT2D eigenvalue weighted by Gasteiger charge is 2.38. The first-order valence-corrected chi connectivity index (χ1v) is 9.31. The van der Waals surface area contributed by atoms with Crippen LogP contribution < -0.4 is 16.4 Å². The molecule has 0 aliphatic carbocycles. The van der Waals surface area contributed by atoms with Crippen LogP contribution in [0.4, 0.5) is 0 Å². The average Bonchev–Trinajstić information content (AvgIpc) is 3.16. The second-order valence-electron chi connectivity index (χ2n) is 6.88. The number of ether oxygens (including phenoxy) is 2. The van der Waals surface area contributed by atoms with E-state index in [-0.39, 0.29) is 24.5 Å². The van der Waals surface area contributed by atoms with E-state index in [0.29, 0.717) is 5.56 Å². The van der Waals surface area contributed by atoms with Gasteiger partial charge in [-0.15, -0.1) is 0 Å². The number of ketones is 1. The molecule has 1 aliphatic rings. The van der Waals surface area contributed by atoms with Crippen LogP contribution in [0.5, 0.6) is 0 Å². The van der Waals surface area contributed by atoms with E-state index in [2.05, 4.69) is 10.6 Å². The number of carbonyl (C=O) groups excluding carboxylic acids is 2. The van der Waals surface area contributed by atoms with Gasteiger partial charge in [-0.1, -0.05) is 12.1 Å². The molecule has 1 saturated heterocycles. The van der Waals surface area contributed by atoms with Crippen molar-refractivity contribution in [2.24, 2.45) is 5.73 Å². The number of hydrogen-bond donors (Lipinski definition) is 6. The Labute approximate surface area is 177 Å². The zero-order valence-corrected chi connectivity index (χ0v) is 16.7. The average molecular weight is 436 g/mol. The molecule has 4 unspecified atom stereocenters. The number of hydrogen-bond acceptors (Lipinski definition) is 8. The zero-order valence-electron chi connectivity index (χ0n) is 16.7. The van der Waals surface area contributed by atoms with Gasteiger partial charge in [0.1, 0.15) is 12.4 Å². The number of benzene rings is 1. The number of Topliss-reactive ketones (excluding diaryl/α,β-unsaturated/α-hetero) is 1. The number of amidine groups is 1. The Hall–Kier alpha value is -3.35. The van der Waals surface area contributed by atoms with Crippen LogP contribution in [-0.2, 0) is 23.9 Å². The van der Waals surface area contributed by atoms with Crippen molar-refractivity contribution >= 4 is 29.5 Å². The number of nitrogens with two attached hydrogens (primary N) is 1. The number of carboxylic acids is 2. The van der Waals surface area contributed by atoms with Crippen LogP contribution in [0, 0.1) is 5.41 Å². The SMILES string of the molecule is CC(NC(=O)c1ccc(C(=N)N)cc1)C(=O)C(OC1CNCC1OCC(=O)O)C(=O)O. The summed E-state index contributed by atoms with van der Waals surface area (Å²) in [7, 11) is 0. The van der Waals surface area contributed by atoms with Gasteiger partial charge >= 0.3 is 11.9 Å². The second kappa shape index (κ2) is 10.6. The molecule has 1 aliphatic heterocycles. The Bertz CT molecular complexity index is 857. The van der Waals surface area contributed by atoms with Crippen molar-refractivity contribution in [1.82, 2.24) is 10.6 Å². The number of nitrogens with one attached hydrogen (secondary N) is 3. The van der Waals surface area contributed by atoms with Crippen LogP contribution in [0.2, 0.25) is 0 Å². The molecule has 0 bridgehead atoms. The monoisotopic (exact) mass is 436 g/mol. The molecular weight excluding hydrogens is 412 g/mol. The van der Waals surface area contributed by atoms with E-state index < -0.39 is 54.6 Å². The highest BCUT2D eigenvalue weighted by atomic mass is 16.6. The van der Waals surface area contributed by atoms with Gasteiger partial charge in [-0.3, -0.25) is 15.0 Å². The molecule has 168 valence electrons. The van der Waals surface area contributed by atoms with E-state index in [1.165, 1.54) is 31.2 Å². The third-order valence-electron chi connectivity index (χ3n) is 4.55. The number of carboxylic acid groups (broad SMARTS) is 2. The number of nitrogen functional groups attached to an aromatic ring is 1. The molecule has 12 heteroatoms. The van der Waals surface area contributed by atoms with E-state index in [1.807, 2.05) is 0 Å². The van der Waals surface area contributed by atoms with Crippen LogP contribution in [0.1, 0.15) is 22.8 Å². The molecule has 1 heterocycles. The summed E-state index contributed by atoms with van der Waals surface area (Å²) in [5, 5.41) is 30.8. The van der Waals surface area contributed by atoms with Crippen molar-refractivity contribution in [3.8, 4) is 0 Å². The van der Waals surface area contributed by atoms with E-state index >= 15 is 0 Å². The van der Waals surface area contributed by atoms with Crippen molar-refractivity contribution in [3.63, 3.8) is 0 Å². The van der Waals surface area contributed by atoms with E-state index in [9.17, 15) is 24.3 Å². The van der Waals surface area contributed by atoms with Crippen molar-refractivity contribution in [1.29, 1.82) is 5.41 Å². The quantitative estimate of drug-likeness (QED) is 0.136. The number of aliphatic carboxylic acids is 2. The molecule has 0 radical (unpaired) electrons. The Balaban J connectivity index is 2.01. The predicted octanol–water partition coefficient (Wildman–Crippen LogP) is -1.43. The third-order valence-corrected chi connectivity index (χ3v) is 4.55. The molecular formula is C19H24N4O8. The molecule has 12 nitrogen and oxygen atoms in total. The summed E-state index contributed by atoms with van der Waals surface area (Å²) in [5.74, 6) is -4.40. The van der Waals surface area contributed by atoms with Gasteiger partial charge in [0.2, 0.25) is 6.10 Å². The highest BCUT2D eigenvalue weighted by Crippen LogP contribution is 2.14. The topological polar surface area (TPSA) is 201 Å². The van der Waals surface area contributed by atoms with Gasteiger partial charge in [-0.05, 0) is 19.1 Å². The Morgan fingerprint density at radius 2 is 1.74 bits per heavy atom. The zero-order chi connectivity index (χ0) is 23.1. The summed E-state index contributed by atoms with van der Waals surface area (Å²) < 4.78 is 10.6. The molecule has 1 aromatic carbocycles. The molecule has 4 atom stereocenters. The minimum absolute atomic E-state index is 0.163. The Kier molecular flexibility index (Phi) is 8.19. The van der Waals surface area contributed by atoms with Gasteiger partial charge in [-0.25, -0.2) is 9.59 Å². The lowest BCUT2D eigenvalue weighted by molar-refractivity contribution is -0.167. The molecule has 1 fully saturated rings. The normalized spacial score (nSPS) is 19.9. The molecule has 1 aromatic rings. The number of amides is 1. The van der Waals surface area contributed by atoms with Gasteiger partial charge in [-0.2, -0.15) is 0 Å². The summed E-state index contributed by atoms with van der Waals surface area (Å²) in [5.41, 5.74) is 5.97.